The molecule has 1 aliphatic rings. The van der Waals surface area contributed by atoms with E-state index in [9.17, 15) is 0 Å². The van der Waals surface area contributed by atoms with Crippen molar-refractivity contribution in [2.24, 2.45) is 0 Å². The Labute approximate surface area is 105 Å². The van der Waals surface area contributed by atoms with E-state index >= 15 is 0 Å². The highest BCUT2D eigenvalue weighted by molar-refractivity contribution is 5.53. The van der Waals surface area contributed by atoms with E-state index in [1.54, 1.807) is 0 Å². The molecule has 0 aliphatic carbocycles. The van der Waals surface area contributed by atoms with Gasteiger partial charge in [-0.15, -0.1) is 0 Å². The van der Waals surface area contributed by atoms with E-state index in [1.165, 1.54) is 49.0 Å². The highest BCUT2D eigenvalue weighted by Gasteiger charge is 2.26. The normalized spacial score (nSPS) is 19.2. The van der Waals surface area contributed by atoms with Crippen LogP contribution < -0.4 is 4.90 Å². The molecule has 1 aromatic rings. The van der Waals surface area contributed by atoms with Gasteiger partial charge in [-0.2, -0.15) is 0 Å². The Bertz CT molecular complexity index is 373. The fourth-order valence-electron chi connectivity index (χ4n) is 3.02. The molecule has 0 aromatic carbocycles. The third-order valence-corrected chi connectivity index (χ3v) is 3.90. The molecule has 1 aromatic heterocycles. The van der Waals surface area contributed by atoms with Gasteiger partial charge in [-0.3, -0.25) is 0 Å². The molecule has 0 N–H and O–H groups in total. The molecule has 1 aliphatic heterocycles. The van der Waals surface area contributed by atoms with Crippen molar-refractivity contribution < 1.29 is 0 Å². The van der Waals surface area contributed by atoms with Crippen LogP contribution in [0, 0.1) is 0 Å². The Balaban J connectivity index is 2.37. The minimum absolute atomic E-state index is 0.692. The van der Waals surface area contributed by atoms with E-state index in [4.69, 9.17) is 0 Å². The van der Waals surface area contributed by atoms with E-state index in [2.05, 4.69) is 36.7 Å². The fraction of sp³-hybridized carbons (Fsp3) is 0.667. The van der Waals surface area contributed by atoms with Crippen molar-refractivity contribution in [3.8, 4) is 0 Å². The zero-order chi connectivity index (χ0) is 12.3. The molecule has 17 heavy (non-hydrogen) atoms. The number of rotatable bonds is 4. The van der Waals surface area contributed by atoms with Gasteiger partial charge in [-0.25, -0.2) is 4.98 Å². The van der Waals surface area contributed by atoms with Crippen LogP contribution >= 0.6 is 0 Å². The first-order valence-corrected chi connectivity index (χ1v) is 7.05. The minimum Gasteiger partial charge on any atom is -0.354 e. The van der Waals surface area contributed by atoms with Crippen LogP contribution in [-0.4, -0.2) is 17.6 Å². The smallest absolute Gasteiger partial charge is 0.132 e. The summed E-state index contributed by atoms with van der Waals surface area (Å²) in [6.07, 6.45) is 8.14. The van der Waals surface area contributed by atoms with Crippen molar-refractivity contribution in [1.82, 2.24) is 4.98 Å². The summed E-state index contributed by atoms with van der Waals surface area (Å²) < 4.78 is 0. The van der Waals surface area contributed by atoms with Crippen LogP contribution in [0.1, 0.15) is 51.2 Å². The molecule has 2 heteroatoms. The Hall–Kier alpha value is -1.05. The summed E-state index contributed by atoms with van der Waals surface area (Å²) in [5.74, 6) is 1.26. The van der Waals surface area contributed by atoms with Crippen molar-refractivity contribution in [2.75, 3.05) is 11.4 Å². The van der Waals surface area contributed by atoms with E-state index in [0.717, 1.165) is 6.54 Å². The zero-order valence-electron chi connectivity index (χ0n) is 11.4. The lowest BCUT2D eigenvalue weighted by atomic mass is 9.92. The average molecular weight is 232 g/mol. The standard InChI is InChI=1S/C15H24N2/c1-4-7-12-10-11-16-15-14(12)9-8-13(5-2)17(15)6-3/h10-11,13H,4-9H2,1-3H3/t13-/m0/s1. The first-order valence-electron chi connectivity index (χ1n) is 7.05. The fourth-order valence-corrected chi connectivity index (χ4v) is 3.02. The zero-order valence-corrected chi connectivity index (χ0v) is 11.4. The van der Waals surface area contributed by atoms with E-state index in [0.29, 0.717) is 6.04 Å². The third-order valence-electron chi connectivity index (χ3n) is 3.90. The van der Waals surface area contributed by atoms with Gasteiger partial charge in [0.15, 0.2) is 0 Å². The molecule has 0 amide bonds. The van der Waals surface area contributed by atoms with Gasteiger partial charge in [-0.1, -0.05) is 20.3 Å². The number of hydrogen-bond acceptors (Lipinski definition) is 2. The molecule has 0 saturated heterocycles. The third kappa shape index (κ3) is 2.31. The van der Waals surface area contributed by atoms with Gasteiger partial charge in [0, 0.05) is 18.8 Å². The maximum absolute atomic E-state index is 4.64. The maximum Gasteiger partial charge on any atom is 0.132 e. The van der Waals surface area contributed by atoms with Crippen molar-refractivity contribution in [3.63, 3.8) is 0 Å². The summed E-state index contributed by atoms with van der Waals surface area (Å²) >= 11 is 0. The van der Waals surface area contributed by atoms with Crippen LogP contribution in [0.25, 0.3) is 0 Å². The molecule has 2 rings (SSSR count). The van der Waals surface area contributed by atoms with Gasteiger partial charge >= 0.3 is 0 Å². The summed E-state index contributed by atoms with van der Waals surface area (Å²) in [4.78, 5) is 7.14. The predicted octanol–water partition coefficient (Wildman–Crippen LogP) is 3.59. The van der Waals surface area contributed by atoms with Gasteiger partial charge in [0.05, 0.1) is 0 Å². The summed E-state index contributed by atoms with van der Waals surface area (Å²) in [6.45, 7) is 7.86. The van der Waals surface area contributed by atoms with E-state index in [-0.39, 0.29) is 0 Å². The second-order valence-electron chi connectivity index (χ2n) is 4.91. The average Bonchev–Trinajstić information content (AvgIpc) is 2.38. The Morgan fingerprint density at radius 1 is 1.35 bits per heavy atom. The number of anilines is 1. The summed E-state index contributed by atoms with van der Waals surface area (Å²) in [5.41, 5.74) is 3.03. The molecule has 0 fully saturated rings. The quantitative estimate of drug-likeness (QED) is 0.788. The molecule has 2 heterocycles. The van der Waals surface area contributed by atoms with Crippen LogP contribution in [-0.2, 0) is 12.8 Å². The molecule has 94 valence electrons. The monoisotopic (exact) mass is 232 g/mol. The molecule has 0 spiro atoms. The number of aromatic nitrogens is 1. The van der Waals surface area contributed by atoms with E-state index in [1.807, 2.05) is 6.20 Å². The topological polar surface area (TPSA) is 16.1 Å². The van der Waals surface area contributed by atoms with Gasteiger partial charge < -0.3 is 4.90 Å². The van der Waals surface area contributed by atoms with Crippen LogP contribution in [0.5, 0.6) is 0 Å². The van der Waals surface area contributed by atoms with Crippen molar-refractivity contribution in [3.05, 3.63) is 23.4 Å². The number of hydrogen-bond donors (Lipinski definition) is 0. The lowest BCUT2D eigenvalue weighted by Crippen LogP contribution is -2.39. The molecular formula is C15H24N2. The van der Waals surface area contributed by atoms with Crippen molar-refractivity contribution in [2.45, 2.75) is 58.9 Å². The van der Waals surface area contributed by atoms with Crippen LogP contribution in [0.2, 0.25) is 0 Å². The molecule has 0 radical (unpaired) electrons. The van der Waals surface area contributed by atoms with Gasteiger partial charge in [-0.05, 0) is 49.8 Å². The maximum atomic E-state index is 4.64. The number of nitrogens with zero attached hydrogens (tertiary/aromatic N) is 2. The first-order chi connectivity index (χ1) is 8.31. The molecule has 1 atom stereocenters. The largest absolute Gasteiger partial charge is 0.354 e. The van der Waals surface area contributed by atoms with Gasteiger partial charge in [0.2, 0.25) is 0 Å². The molecular weight excluding hydrogens is 208 g/mol. The Morgan fingerprint density at radius 2 is 2.18 bits per heavy atom. The summed E-state index contributed by atoms with van der Waals surface area (Å²) in [6, 6.07) is 2.90. The van der Waals surface area contributed by atoms with Gasteiger partial charge in [0.1, 0.15) is 5.82 Å². The highest BCUT2D eigenvalue weighted by Crippen LogP contribution is 2.32. The van der Waals surface area contributed by atoms with Crippen LogP contribution in [0.4, 0.5) is 5.82 Å². The summed E-state index contributed by atoms with van der Waals surface area (Å²) in [7, 11) is 0. The van der Waals surface area contributed by atoms with Crippen molar-refractivity contribution >= 4 is 5.82 Å². The number of pyridine rings is 1. The summed E-state index contributed by atoms with van der Waals surface area (Å²) in [5, 5.41) is 0. The van der Waals surface area contributed by atoms with Crippen molar-refractivity contribution in [1.29, 1.82) is 0 Å². The Kier molecular flexibility index (Phi) is 4.03. The lowest BCUT2D eigenvalue weighted by Gasteiger charge is -2.37. The second-order valence-corrected chi connectivity index (χ2v) is 4.91. The van der Waals surface area contributed by atoms with Crippen LogP contribution in [0.15, 0.2) is 12.3 Å². The highest BCUT2D eigenvalue weighted by atomic mass is 15.2. The number of fused-ring (bicyclic) bond motifs is 1. The van der Waals surface area contributed by atoms with Gasteiger partial charge in [0.25, 0.3) is 0 Å². The molecule has 2 nitrogen and oxygen atoms in total. The van der Waals surface area contributed by atoms with Crippen LogP contribution in [0.3, 0.4) is 0 Å². The first kappa shape index (κ1) is 12.4. The predicted molar refractivity (Wildman–Crippen MR) is 73.7 cm³/mol. The Morgan fingerprint density at radius 3 is 2.82 bits per heavy atom. The SMILES string of the molecule is CCCc1ccnc2c1CC[C@H](CC)N2CC. The minimum atomic E-state index is 0.692. The number of aryl methyl sites for hydroxylation is 1. The lowest BCUT2D eigenvalue weighted by molar-refractivity contribution is 0.512. The second kappa shape index (κ2) is 5.52. The molecule has 0 saturated carbocycles. The molecule has 0 unspecified atom stereocenters. The van der Waals surface area contributed by atoms with E-state index < -0.39 is 0 Å². The molecule has 0 bridgehead atoms.